The molecule has 0 aliphatic rings. The molecule has 2 rings (SSSR count). The Kier molecular flexibility index (Phi) is 5.76. The smallest absolute Gasteiger partial charge is 0.131 e. The molecule has 0 amide bonds. The Balaban J connectivity index is 2.05. The monoisotopic (exact) mass is 351 g/mol. The van der Waals surface area contributed by atoms with Crippen LogP contribution in [-0.4, -0.2) is 6.54 Å². The van der Waals surface area contributed by atoms with Crippen LogP contribution in [0.3, 0.4) is 0 Å². The number of hydrogen-bond acceptors (Lipinski definition) is 2. The predicted molar refractivity (Wildman–Crippen MR) is 87.3 cm³/mol. The van der Waals surface area contributed by atoms with Crippen molar-refractivity contribution in [1.82, 2.24) is 5.32 Å². The molecule has 21 heavy (non-hydrogen) atoms. The molecular weight excluding hydrogens is 333 g/mol. The lowest BCUT2D eigenvalue weighted by Gasteiger charge is -2.14. The van der Waals surface area contributed by atoms with E-state index in [0.717, 1.165) is 13.0 Å². The van der Waals surface area contributed by atoms with E-state index in [0.29, 0.717) is 22.0 Å². The van der Waals surface area contributed by atoms with Gasteiger partial charge in [0.1, 0.15) is 17.3 Å². The molecule has 0 aliphatic heterocycles. The van der Waals surface area contributed by atoms with Crippen molar-refractivity contribution in [3.63, 3.8) is 0 Å². The Morgan fingerprint density at radius 3 is 2.48 bits per heavy atom. The topological polar surface area (TPSA) is 21.3 Å². The summed E-state index contributed by atoms with van der Waals surface area (Å²) in [7, 11) is 0. The van der Waals surface area contributed by atoms with E-state index in [4.69, 9.17) is 4.74 Å². The van der Waals surface area contributed by atoms with Gasteiger partial charge in [-0.2, -0.15) is 0 Å². The van der Waals surface area contributed by atoms with Crippen LogP contribution in [-0.2, 0) is 0 Å². The van der Waals surface area contributed by atoms with Crippen molar-refractivity contribution < 1.29 is 9.13 Å². The number of ether oxygens (including phenoxy) is 1. The zero-order valence-corrected chi connectivity index (χ0v) is 13.8. The van der Waals surface area contributed by atoms with E-state index in [1.807, 2.05) is 24.3 Å². The molecule has 4 heteroatoms. The van der Waals surface area contributed by atoms with Crippen LogP contribution in [0.1, 0.15) is 31.9 Å². The van der Waals surface area contributed by atoms with Gasteiger partial charge in [0, 0.05) is 16.6 Å². The third-order valence-corrected chi connectivity index (χ3v) is 3.61. The summed E-state index contributed by atoms with van der Waals surface area (Å²) >= 11 is 3.25. The minimum Gasteiger partial charge on any atom is -0.457 e. The minimum absolute atomic E-state index is 0.308. The molecule has 0 spiro atoms. The fourth-order valence-corrected chi connectivity index (χ4v) is 2.47. The Labute approximate surface area is 133 Å². The van der Waals surface area contributed by atoms with Crippen molar-refractivity contribution in [3.8, 4) is 11.5 Å². The molecule has 2 aromatic carbocycles. The van der Waals surface area contributed by atoms with Crippen LogP contribution < -0.4 is 10.1 Å². The third kappa shape index (κ3) is 4.83. The van der Waals surface area contributed by atoms with Gasteiger partial charge in [0.25, 0.3) is 0 Å². The molecule has 0 saturated heterocycles. The second-order valence-electron chi connectivity index (χ2n) is 4.95. The predicted octanol–water partition coefficient (Wildman–Crippen LogP) is 5.44. The van der Waals surface area contributed by atoms with Crippen molar-refractivity contribution in [3.05, 3.63) is 58.3 Å². The molecule has 0 heterocycles. The lowest BCUT2D eigenvalue weighted by molar-refractivity contribution is 0.475. The van der Waals surface area contributed by atoms with Gasteiger partial charge in [0.2, 0.25) is 0 Å². The first-order valence-corrected chi connectivity index (χ1v) is 7.85. The van der Waals surface area contributed by atoms with Gasteiger partial charge in [-0.3, -0.25) is 0 Å². The van der Waals surface area contributed by atoms with Crippen LogP contribution in [0.15, 0.2) is 46.9 Å². The molecule has 2 nitrogen and oxygen atoms in total. The second-order valence-corrected chi connectivity index (χ2v) is 5.87. The van der Waals surface area contributed by atoms with Crippen molar-refractivity contribution in [2.45, 2.75) is 26.3 Å². The molecule has 0 fully saturated rings. The van der Waals surface area contributed by atoms with Gasteiger partial charge in [-0.25, -0.2) is 4.39 Å². The molecule has 1 unspecified atom stereocenters. The number of hydrogen-bond donors (Lipinski definition) is 1. The molecule has 0 aromatic heterocycles. The summed E-state index contributed by atoms with van der Waals surface area (Å²) in [6.45, 7) is 5.28. The van der Waals surface area contributed by atoms with Crippen LogP contribution in [0.2, 0.25) is 0 Å². The quantitative estimate of drug-likeness (QED) is 0.747. The largest absolute Gasteiger partial charge is 0.457 e. The van der Waals surface area contributed by atoms with Crippen molar-refractivity contribution in [2.24, 2.45) is 0 Å². The Morgan fingerprint density at radius 2 is 1.86 bits per heavy atom. The molecule has 112 valence electrons. The van der Waals surface area contributed by atoms with Gasteiger partial charge in [0.15, 0.2) is 0 Å². The maximum absolute atomic E-state index is 13.3. The maximum Gasteiger partial charge on any atom is 0.131 e. The van der Waals surface area contributed by atoms with E-state index in [9.17, 15) is 4.39 Å². The van der Waals surface area contributed by atoms with E-state index in [1.54, 1.807) is 6.07 Å². The molecule has 1 N–H and O–H groups in total. The normalized spacial score (nSPS) is 12.2. The summed E-state index contributed by atoms with van der Waals surface area (Å²) in [6, 6.07) is 12.7. The Morgan fingerprint density at radius 1 is 1.14 bits per heavy atom. The average molecular weight is 352 g/mol. The van der Waals surface area contributed by atoms with Crippen molar-refractivity contribution in [2.75, 3.05) is 6.54 Å². The first kappa shape index (κ1) is 16.0. The molecule has 0 bridgehead atoms. The minimum atomic E-state index is -0.326. The number of nitrogens with one attached hydrogen (secondary N) is 1. The summed E-state index contributed by atoms with van der Waals surface area (Å²) < 4.78 is 19.6. The van der Waals surface area contributed by atoms with E-state index >= 15 is 0 Å². The first-order chi connectivity index (χ1) is 10.1. The average Bonchev–Trinajstić information content (AvgIpc) is 2.44. The zero-order valence-electron chi connectivity index (χ0n) is 12.2. The fourth-order valence-electron chi connectivity index (χ4n) is 2.03. The van der Waals surface area contributed by atoms with Gasteiger partial charge in [-0.1, -0.05) is 35.0 Å². The zero-order chi connectivity index (χ0) is 15.2. The van der Waals surface area contributed by atoms with Gasteiger partial charge in [-0.15, -0.1) is 0 Å². The second kappa shape index (κ2) is 7.57. The summed E-state index contributed by atoms with van der Waals surface area (Å²) in [5.41, 5.74) is 1.20. The van der Waals surface area contributed by atoms with Crippen LogP contribution in [0, 0.1) is 5.82 Å². The van der Waals surface area contributed by atoms with Gasteiger partial charge in [-0.05, 0) is 49.7 Å². The lowest BCUT2D eigenvalue weighted by Crippen LogP contribution is -2.19. The maximum atomic E-state index is 13.3. The summed E-state index contributed by atoms with van der Waals surface area (Å²) in [6.07, 6.45) is 1.11. The van der Waals surface area contributed by atoms with Crippen molar-refractivity contribution in [1.29, 1.82) is 0 Å². The van der Waals surface area contributed by atoms with Crippen LogP contribution in [0.4, 0.5) is 4.39 Å². The van der Waals surface area contributed by atoms with E-state index in [-0.39, 0.29) is 5.82 Å². The summed E-state index contributed by atoms with van der Waals surface area (Å²) in [5, 5.41) is 3.44. The van der Waals surface area contributed by atoms with Gasteiger partial charge >= 0.3 is 0 Å². The van der Waals surface area contributed by atoms with Crippen LogP contribution >= 0.6 is 15.9 Å². The van der Waals surface area contributed by atoms with Gasteiger partial charge < -0.3 is 10.1 Å². The van der Waals surface area contributed by atoms with E-state index < -0.39 is 0 Å². The molecule has 2 aromatic rings. The summed E-state index contributed by atoms with van der Waals surface area (Å²) in [4.78, 5) is 0. The summed E-state index contributed by atoms with van der Waals surface area (Å²) in [5.74, 6) is 0.846. The van der Waals surface area contributed by atoms with E-state index in [1.165, 1.54) is 17.7 Å². The highest BCUT2D eigenvalue weighted by Gasteiger charge is 2.05. The molecule has 0 radical (unpaired) electrons. The highest BCUT2D eigenvalue weighted by molar-refractivity contribution is 9.10. The Hall–Kier alpha value is -1.39. The standard InChI is InChI=1S/C17H19BrFNO/c1-3-8-20-12(2)13-4-6-16(7-5-13)21-17-10-14(18)9-15(19)11-17/h4-7,9-12,20H,3,8H2,1-2H3. The molecular formula is C17H19BrFNO. The van der Waals surface area contributed by atoms with Gasteiger partial charge in [0.05, 0.1) is 0 Å². The van der Waals surface area contributed by atoms with Crippen LogP contribution in [0.5, 0.6) is 11.5 Å². The molecule has 1 atom stereocenters. The number of rotatable bonds is 6. The van der Waals surface area contributed by atoms with E-state index in [2.05, 4.69) is 35.1 Å². The highest BCUT2D eigenvalue weighted by Crippen LogP contribution is 2.27. The highest BCUT2D eigenvalue weighted by atomic mass is 79.9. The third-order valence-electron chi connectivity index (χ3n) is 3.15. The molecule has 0 aliphatic carbocycles. The lowest BCUT2D eigenvalue weighted by atomic mass is 10.1. The van der Waals surface area contributed by atoms with Crippen molar-refractivity contribution >= 4 is 15.9 Å². The SMILES string of the molecule is CCCNC(C)c1ccc(Oc2cc(F)cc(Br)c2)cc1. The molecule has 0 saturated carbocycles. The number of benzene rings is 2. The van der Waals surface area contributed by atoms with Crippen LogP contribution in [0.25, 0.3) is 0 Å². The fraction of sp³-hybridized carbons (Fsp3) is 0.294. The first-order valence-electron chi connectivity index (χ1n) is 7.05. The Bertz CT molecular complexity index is 566. The number of halogens is 2.